The Labute approximate surface area is 345 Å². The molecule has 2 heteroatoms. The number of nitrogens with zero attached hydrogens (tertiary/aromatic N) is 2. The van der Waals surface area contributed by atoms with E-state index in [4.69, 9.17) is 0 Å². The minimum Gasteiger partial charge on any atom is -0.313 e. The number of benzene rings is 7. The van der Waals surface area contributed by atoms with Crippen LogP contribution in [-0.2, 0) is 11.8 Å². The zero-order valence-corrected chi connectivity index (χ0v) is 33.5. The highest BCUT2D eigenvalue weighted by molar-refractivity contribution is 6.11. The molecule has 12 rings (SSSR count). The van der Waals surface area contributed by atoms with Crippen molar-refractivity contribution in [1.82, 2.24) is 9.13 Å². The first-order chi connectivity index (χ1) is 29.0. The first-order valence-corrected chi connectivity index (χ1v) is 21.2. The van der Waals surface area contributed by atoms with Gasteiger partial charge in [0.2, 0.25) is 0 Å². The molecule has 0 amide bonds. The van der Waals surface area contributed by atoms with Gasteiger partial charge in [0.05, 0.1) is 16.6 Å². The van der Waals surface area contributed by atoms with Gasteiger partial charge in [-0.15, -0.1) is 0 Å². The van der Waals surface area contributed by atoms with Crippen LogP contribution in [0.4, 0.5) is 0 Å². The van der Waals surface area contributed by atoms with Crippen LogP contribution in [0.5, 0.6) is 0 Å². The molecule has 2 aromatic heterocycles. The third-order valence-corrected chi connectivity index (χ3v) is 13.5. The lowest BCUT2D eigenvalue weighted by molar-refractivity contribution is 0.660. The Bertz CT molecular complexity index is 3270. The molecular formula is C57H44N2. The van der Waals surface area contributed by atoms with Gasteiger partial charge in [-0.1, -0.05) is 147 Å². The molecule has 0 saturated carbocycles. The maximum absolute atomic E-state index is 2.56. The molecule has 0 N–H and O–H groups in total. The summed E-state index contributed by atoms with van der Waals surface area (Å²) in [6.45, 7) is 4.73. The van der Waals surface area contributed by atoms with Crippen LogP contribution < -0.4 is 0 Å². The van der Waals surface area contributed by atoms with E-state index in [1.54, 1.807) is 0 Å². The third-order valence-electron chi connectivity index (χ3n) is 13.5. The molecular weight excluding hydrogens is 713 g/mol. The van der Waals surface area contributed by atoms with Crippen molar-refractivity contribution < 1.29 is 0 Å². The van der Waals surface area contributed by atoms with E-state index in [0.717, 1.165) is 19.3 Å². The van der Waals surface area contributed by atoms with Gasteiger partial charge in [-0.2, -0.15) is 0 Å². The zero-order chi connectivity index (χ0) is 39.2. The van der Waals surface area contributed by atoms with Crippen LogP contribution in [0.2, 0.25) is 0 Å². The molecule has 1 atom stereocenters. The molecule has 9 aromatic rings. The quantitative estimate of drug-likeness (QED) is 0.165. The molecule has 282 valence electrons. The number of aromatic nitrogens is 2. The average molecular weight is 757 g/mol. The SMILES string of the molecule is CC1(C)c2ccccc2-c2ccc(-n3c4ccccc4c4cc(-c5ccc6c(c5)c5c(n6-c6cc(-c7ccccc7)cc(C7C=CC=CC7)c6)CCC=C5)ccc43)cc21. The largest absolute Gasteiger partial charge is 0.313 e. The zero-order valence-electron chi connectivity index (χ0n) is 33.5. The summed E-state index contributed by atoms with van der Waals surface area (Å²) in [7, 11) is 0. The summed E-state index contributed by atoms with van der Waals surface area (Å²) in [5.74, 6) is 0.360. The molecule has 2 heterocycles. The van der Waals surface area contributed by atoms with Crippen LogP contribution in [0, 0.1) is 0 Å². The predicted octanol–water partition coefficient (Wildman–Crippen LogP) is 14.9. The second-order valence-corrected chi connectivity index (χ2v) is 17.2. The van der Waals surface area contributed by atoms with Crippen molar-refractivity contribution in [3.63, 3.8) is 0 Å². The Morgan fingerprint density at radius 3 is 2.10 bits per heavy atom. The minimum atomic E-state index is -0.0584. The molecule has 0 saturated heterocycles. The number of hydrogen-bond acceptors (Lipinski definition) is 0. The second kappa shape index (κ2) is 13.1. The van der Waals surface area contributed by atoms with Crippen molar-refractivity contribution in [2.24, 2.45) is 0 Å². The van der Waals surface area contributed by atoms with Gasteiger partial charge in [-0.25, -0.2) is 0 Å². The summed E-state index contributed by atoms with van der Waals surface area (Å²) in [6.07, 6.45) is 16.8. The summed E-state index contributed by atoms with van der Waals surface area (Å²) in [5, 5.41) is 3.86. The molecule has 0 aliphatic heterocycles. The van der Waals surface area contributed by atoms with Crippen molar-refractivity contribution in [1.29, 1.82) is 0 Å². The third kappa shape index (κ3) is 5.26. The van der Waals surface area contributed by atoms with Crippen LogP contribution in [0.1, 0.15) is 60.6 Å². The molecule has 0 spiro atoms. The van der Waals surface area contributed by atoms with E-state index >= 15 is 0 Å². The first kappa shape index (κ1) is 34.2. The highest BCUT2D eigenvalue weighted by Gasteiger charge is 2.35. The Hall–Kier alpha value is -6.90. The number of fused-ring (bicyclic) bond motifs is 9. The van der Waals surface area contributed by atoms with Gasteiger partial charge in [-0.05, 0) is 124 Å². The van der Waals surface area contributed by atoms with E-state index in [1.165, 1.54) is 105 Å². The minimum absolute atomic E-state index is 0.0584. The molecule has 59 heavy (non-hydrogen) atoms. The lowest BCUT2D eigenvalue weighted by Gasteiger charge is -2.22. The molecule has 3 aliphatic rings. The topological polar surface area (TPSA) is 9.86 Å². The normalized spacial score (nSPS) is 16.2. The first-order valence-electron chi connectivity index (χ1n) is 21.2. The number of rotatable bonds is 5. The van der Waals surface area contributed by atoms with Crippen molar-refractivity contribution in [2.45, 2.75) is 44.4 Å². The number of para-hydroxylation sites is 1. The van der Waals surface area contributed by atoms with E-state index in [9.17, 15) is 0 Å². The molecule has 0 fully saturated rings. The fourth-order valence-corrected chi connectivity index (χ4v) is 10.6. The summed E-state index contributed by atoms with van der Waals surface area (Å²) in [5.41, 5.74) is 20.7. The van der Waals surface area contributed by atoms with E-state index in [0.29, 0.717) is 5.92 Å². The second-order valence-electron chi connectivity index (χ2n) is 17.2. The highest BCUT2D eigenvalue weighted by Crippen LogP contribution is 2.50. The van der Waals surface area contributed by atoms with E-state index < -0.39 is 0 Å². The van der Waals surface area contributed by atoms with Gasteiger partial charge < -0.3 is 9.13 Å². The van der Waals surface area contributed by atoms with Crippen LogP contribution in [-0.4, -0.2) is 9.13 Å². The van der Waals surface area contributed by atoms with Gasteiger partial charge in [0.25, 0.3) is 0 Å². The summed E-state index contributed by atoms with van der Waals surface area (Å²) in [6, 6.07) is 57.2. The van der Waals surface area contributed by atoms with Crippen molar-refractivity contribution in [3.05, 3.63) is 210 Å². The monoisotopic (exact) mass is 756 g/mol. The van der Waals surface area contributed by atoms with Crippen LogP contribution in [0.3, 0.4) is 0 Å². The number of allylic oxidation sites excluding steroid dienone is 5. The van der Waals surface area contributed by atoms with Gasteiger partial charge in [0, 0.05) is 50.1 Å². The Morgan fingerprint density at radius 2 is 1.25 bits per heavy atom. The van der Waals surface area contributed by atoms with Crippen LogP contribution in [0.15, 0.2) is 182 Å². The van der Waals surface area contributed by atoms with Crippen LogP contribution in [0.25, 0.3) is 83.5 Å². The van der Waals surface area contributed by atoms with Crippen molar-refractivity contribution in [2.75, 3.05) is 0 Å². The van der Waals surface area contributed by atoms with Gasteiger partial charge >= 0.3 is 0 Å². The highest BCUT2D eigenvalue weighted by atomic mass is 15.0. The van der Waals surface area contributed by atoms with Crippen LogP contribution >= 0.6 is 0 Å². The van der Waals surface area contributed by atoms with E-state index in [-0.39, 0.29) is 5.41 Å². The molecule has 3 aliphatic carbocycles. The van der Waals surface area contributed by atoms with E-state index in [1.807, 2.05) is 0 Å². The predicted molar refractivity (Wildman–Crippen MR) is 249 cm³/mol. The Balaban J connectivity index is 0.997. The number of hydrogen-bond donors (Lipinski definition) is 0. The fourth-order valence-electron chi connectivity index (χ4n) is 10.6. The lowest BCUT2D eigenvalue weighted by atomic mass is 9.82. The molecule has 0 bridgehead atoms. The Kier molecular flexibility index (Phi) is 7.56. The van der Waals surface area contributed by atoms with Gasteiger partial charge in [0.15, 0.2) is 0 Å². The summed E-state index contributed by atoms with van der Waals surface area (Å²) < 4.78 is 5.03. The summed E-state index contributed by atoms with van der Waals surface area (Å²) >= 11 is 0. The van der Waals surface area contributed by atoms with E-state index in [2.05, 4.69) is 211 Å². The molecule has 1 unspecified atom stereocenters. The maximum Gasteiger partial charge on any atom is 0.0541 e. The lowest BCUT2D eigenvalue weighted by Crippen LogP contribution is -2.15. The van der Waals surface area contributed by atoms with Gasteiger partial charge in [-0.3, -0.25) is 0 Å². The molecule has 2 nitrogen and oxygen atoms in total. The van der Waals surface area contributed by atoms with Crippen molar-refractivity contribution >= 4 is 38.8 Å². The van der Waals surface area contributed by atoms with Crippen molar-refractivity contribution in [3.8, 4) is 44.8 Å². The maximum atomic E-state index is 2.56. The fraction of sp³-hybridized carbons (Fsp3) is 0.123. The molecule has 7 aromatic carbocycles. The smallest absolute Gasteiger partial charge is 0.0541 e. The molecule has 0 radical (unpaired) electrons. The standard InChI is InChI=1S/C57H44N2/c1-57(2)51-22-12-9-19-45(51)46-28-27-43(36-52(46)57)58-53-23-13-10-20-47(53)49-34-39(25-29-55(49)58)40-26-30-56-50(35-40)48-21-11-14-24-54(48)59(56)44-32-41(37-15-5-3-6-16-37)31-42(33-44)38-17-7-4-8-18-38/h3-13,15-17,19-23,25-36,38H,14,18,24H2,1-2H3. The van der Waals surface area contributed by atoms with Gasteiger partial charge in [0.1, 0.15) is 0 Å². The average Bonchev–Trinajstić information content (AvgIpc) is 3.89. The Morgan fingerprint density at radius 1 is 0.508 bits per heavy atom. The summed E-state index contributed by atoms with van der Waals surface area (Å²) in [4.78, 5) is 0.